The number of nitrogens with zero attached hydrogens (tertiary/aromatic N) is 1. The molecular formula is C16H21NO4. The average molecular weight is 291 g/mol. The van der Waals surface area contributed by atoms with Crippen molar-refractivity contribution in [3.63, 3.8) is 0 Å². The Morgan fingerprint density at radius 2 is 2.24 bits per heavy atom. The number of carboxylic acid groups (broad SMARTS) is 1. The van der Waals surface area contributed by atoms with Gasteiger partial charge in [0.2, 0.25) is 5.91 Å². The molecule has 1 aromatic carbocycles. The van der Waals surface area contributed by atoms with Crippen LogP contribution in [0.4, 0.5) is 0 Å². The lowest BCUT2D eigenvalue weighted by Crippen LogP contribution is -2.45. The molecular weight excluding hydrogens is 270 g/mol. The van der Waals surface area contributed by atoms with Crippen LogP contribution in [0.5, 0.6) is 0 Å². The van der Waals surface area contributed by atoms with Crippen molar-refractivity contribution in [2.24, 2.45) is 5.92 Å². The molecule has 0 radical (unpaired) electrons. The van der Waals surface area contributed by atoms with Crippen LogP contribution in [0.1, 0.15) is 36.9 Å². The molecule has 2 atom stereocenters. The van der Waals surface area contributed by atoms with E-state index in [1.807, 2.05) is 31.2 Å². The maximum absolute atomic E-state index is 12.1. The van der Waals surface area contributed by atoms with Crippen LogP contribution in [0.2, 0.25) is 0 Å². The molecule has 0 aliphatic carbocycles. The van der Waals surface area contributed by atoms with Gasteiger partial charge >= 0.3 is 5.97 Å². The largest absolute Gasteiger partial charge is 0.481 e. The van der Waals surface area contributed by atoms with Crippen molar-refractivity contribution >= 4 is 11.9 Å². The number of carbonyl (C=O) groups is 2. The highest BCUT2D eigenvalue weighted by atomic mass is 16.5. The minimum absolute atomic E-state index is 0.0251. The summed E-state index contributed by atoms with van der Waals surface area (Å²) in [5, 5.41) is 9.48. The molecule has 114 valence electrons. The second-order valence-electron chi connectivity index (χ2n) is 5.29. The second kappa shape index (κ2) is 6.72. The molecule has 1 N–H and O–H groups in total. The quantitative estimate of drug-likeness (QED) is 0.903. The number of hydrogen-bond acceptors (Lipinski definition) is 3. The van der Waals surface area contributed by atoms with Crippen molar-refractivity contribution in [1.29, 1.82) is 0 Å². The van der Waals surface area contributed by atoms with E-state index in [1.54, 1.807) is 12.0 Å². The first-order valence-electron chi connectivity index (χ1n) is 7.18. The minimum Gasteiger partial charge on any atom is -0.481 e. The first-order valence-corrected chi connectivity index (χ1v) is 7.18. The van der Waals surface area contributed by atoms with E-state index < -0.39 is 17.9 Å². The number of carboxylic acids is 1. The minimum atomic E-state index is -0.844. The Morgan fingerprint density at radius 3 is 2.86 bits per heavy atom. The maximum atomic E-state index is 12.1. The number of hydrogen-bond donors (Lipinski definition) is 1. The van der Waals surface area contributed by atoms with Gasteiger partial charge in [-0.15, -0.1) is 0 Å². The Bertz CT molecular complexity index is 527. The van der Waals surface area contributed by atoms with Crippen molar-refractivity contribution in [2.75, 3.05) is 13.7 Å². The van der Waals surface area contributed by atoms with Crippen LogP contribution in [-0.4, -0.2) is 35.5 Å². The third kappa shape index (κ3) is 3.24. The SMILES string of the molecule is CCN1C(=O)CCC(C(=O)O)C1c1cccc(COC)c1. The number of ether oxygens (including phenoxy) is 1. The molecule has 0 aromatic heterocycles. The highest BCUT2D eigenvalue weighted by Crippen LogP contribution is 2.37. The van der Waals surface area contributed by atoms with E-state index in [2.05, 4.69) is 0 Å². The molecule has 5 heteroatoms. The Labute approximate surface area is 124 Å². The van der Waals surface area contributed by atoms with Gasteiger partial charge in [-0.2, -0.15) is 0 Å². The number of carbonyl (C=O) groups excluding carboxylic acids is 1. The van der Waals surface area contributed by atoms with Crippen LogP contribution >= 0.6 is 0 Å². The van der Waals surface area contributed by atoms with Crippen molar-refractivity contribution in [1.82, 2.24) is 4.90 Å². The van der Waals surface area contributed by atoms with E-state index >= 15 is 0 Å². The third-order valence-corrected chi connectivity index (χ3v) is 3.97. The number of piperidine rings is 1. The predicted molar refractivity (Wildman–Crippen MR) is 77.6 cm³/mol. The molecule has 0 saturated carbocycles. The van der Waals surface area contributed by atoms with Gasteiger partial charge in [0.25, 0.3) is 0 Å². The van der Waals surface area contributed by atoms with E-state index in [-0.39, 0.29) is 5.91 Å². The molecule has 0 spiro atoms. The number of rotatable bonds is 5. The smallest absolute Gasteiger partial charge is 0.308 e. The van der Waals surface area contributed by atoms with Crippen LogP contribution in [0, 0.1) is 5.92 Å². The summed E-state index contributed by atoms with van der Waals surface area (Å²) in [6.07, 6.45) is 0.697. The molecule has 2 rings (SSSR count). The Hall–Kier alpha value is -1.88. The number of benzene rings is 1. The van der Waals surface area contributed by atoms with Gasteiger partial charge in [0.1, 0.15) is 0 Å². The molecule has 0 bridgehead atoms. The van der Waals surface area contributed by atoms with Gasteiger partial charge in [0.15, 0.2) is 0 Å². The molecule has 1 aliphatic rings. The predicted octanol–water partition coefficient (Wildman–Crippen LogP) is 2.22. The number of aliphatic carboxylic acids is 1. The molecule has 1 amide bonds. The first-order chi connectivity index (χ1) is 10.1. The number of amides is 1. The summed E-state index contributed by atoms with van der Waals surface area (Å²) in [4.78, 5) is 25.3. The van der Waals surface area contributed by atoms with Gasteiger partial charge in [-0.05, 0) is 24.5 Å². The molecule has 1 aliphatic heterocycles. The van der Waals surface area contributed by atoms with Gasteiger partial charge < -0.3 is 14.7 Å². The Kier molecular flexibility index (Phi) is 4.96. The molecule has 5 nitrogen and oxygen atoms in total. The van der Waals surface area contributed by atoms with Crippen molar-refractivity contribution in [3.05, 3.63) is 35.4 Å². The summed E-state index contributed by atoms with van der Waals surface area (Å²) in [6.45, 7) is 2.87. The Balaban J connectivity index is 2.40. The first kappa shape index (κ1) is 15.5. The summed E-state index contributed by atoms with van der Waals surface area (Å²) in [6, 6.07) is 7.25. The van der Waals surface area contributed by atoms with Crippen LogP contribution in [0.25, 0.3) is 0 Å². The van der Waals surface area contributed by atoms with E-state index in [9.17, 15) is 14.7 Å². The number of methoxy groups -OCH3 is 1. The van der Waals surface area contributed by atoms with Crippen LogP contribution < -0.4 is 0 Å². The zero-order valence-corrected chi connectivity index (χ0v) is 12.4. The number of likely N-dealkylation sites (tertiary alicyclic amines) is 1. The van der Waals surface area contributed by atoms with Crippen LogP contribution in [0.15, 0.2) is 24.3 Å². The summed E-state index contributed by atoms with van der Waals surface area (Å²) in [7, 11) is 1.62. The van der Waals surface area contributed by atoms with Crippen LogP contribution in [-0.2, 0) is 20.9 Å². The summed E-state index contributed by atoms with van der Waals surface area (Å²) < 4.78 is 5.12. The molecule has 1 fully saturated rings. The fourth-order valence-corrected chi connectivity index (χ4v) is 3.03. The van der Waals surface area contributed by atoms with E-state index in [4.69, 9.17) is 4.74 Å². The van der Waals surface area contributed by atoms with Gasteiger partial charge in [0, 0.05) is 20.1 Å². The summed E-state index contributed by atoms with van der Waals surface area (Å²) in [5.74, 6) is -1.37. The zero-order chi connectivity index (χ0) is 15.4. The van der Waals surface area contributed by atoms with Gasteiger partial charge in [-0.1, -0.05) is 24.3 Å². The molecule has 1 aromatic rings. The van der Waals surface area contributed by atoms with E-state index in [0.717, 1.165) is 11.1 Å². The topological polar surface area (TPSA) is 66.8 Å². The normalized spacial score (nSPS) is 22.4. The maximum Gasteiger partial charge on any atom is 0.308 e. The van der Waals surface area contributed by atoms with Crippen molar-refractivity contribution < 1.29 is 19.4 Å². The van der Waals surface area contributed by atoms with Crippen molar-refractivity contribution in [3.8, 4) is 0 Å². The monoisotopic (exact) mass is 291 g/mol. The zero-order valence-electron chi connectivity index (χ0n) is 12.4. The second-order valence-corrected chi connectivity index (χ2v) is 5.29. The molecule has 1 saturated heterocycles. The highest BCUT2D eigenvalue weighted by Gasteiger charge is 2.39. The molecule has 1 heterocycles. The van der Waals surface area contributed by atoms with Crippen LogP contribution in [0.3, 0.4) is 0 Å². The van der Waals surface area contributed by atoms with Gasteiger partial charge in [-0.25, -0.2) is 0 Å². The Morgan fingerprint density at radius 1 is 1.48 bits per heavy atom. The molecule has 2 unspecified atom stereocenters. The lowest BCUT2D eigenvalue weighted by atomic mass is 9.84. The summed E-state index contributed by atoms with van der Waals surface area (Å²) >= 11 is 0. The standard InChI is InChI=1S/C16H21NO4/c1-3-17-14(18)8-7-13(16(19)20)15(17)12-6-4-5-11(9-12)10-21-2/h4-6,9,13,15H,3,7-8,10H2,1-2H3,(H,19,20). The fraction of sp³-hybridized carbons (Fsp3) is 0.500. The van der Waals surface area contributed by atoms with E-state index in [1.165, 1.54) is 0 Å². The van der Waals surface area contributed by atoms with Gasteiger partial charge in [-0.3, -0.25) is 9.59 Å². The average Bonchev–Trinajstić information content (AvgIpc) is 2.47. The van der Waals surface area contributed by atoms with E-state index in [0.29, 0.717) is 26.0 Å². The fourth-order valence-electron chi connectivity index (χ4n) is 3.03. The third-order valence-electron chi connectivity index (χ3n) is 3.97. The van der Waals surface area contributed by atoms with Gasteiger partial charge in [0.05, 0.1) is 18.6 Å². The molecule has 21 heavy (non-hydrogen) atoms. The lowest BCUT2D eigenvalue weighted by Gasteiger charge is -2.39. The van der Waals surface area contributed by atoms with Crippen molar-refractivity contribution in [2.45, 2.75) is 32.4 Å². The summed E-state index contributed by atoms with van der Waals surface area (Å²) in [5.41, 5.74) is 1.85. The highest BCUT2D eigenvalue weighted by molar-refractivity contribution is 5.81. The lowest BCUT2D eigenvalue weighted by molar-refractivity contribution is -0.151.